The van der Waals surface area contributed by atoms with Crippen LogP contribution < -0.4 is 5.56 Å². The van der Waals surface area contributed by atoms with Crippen LogP contribution in [0.2, 0.25) is 5.02 Å². The average Bonchev–Trinajstić information content (AvgIpc) is 2.28. The first-order valence-electron chi connectivity index (χ1n) is 4.95. The SMILES string of the molecule is Cn1c(-c2c(F)cc(O)cc2F)ccc(Cl)c1=O. The maximum Gasteiger partial charge on any atom is 0.269 e. The van der Waals surface area contributed by atoms with Crippen LogP contribution in [0.1, 0.15) is 0 Å². The van der Waals surface area contributed by atoms with E-state index in [0.29, 0.717) is 0 Å². The van der Waals surface area contributed by atoms with Gasteiger partial charge in [-0.15, -0.1) is 0 Å². The average molecular weight is 272 g/mol. The molecule has 0 saturated carbocycles. The van der Waals surface area contributed by atoms with Gasteiger partial charge in [-0.05, 0) is 12.1 Å². The van der Waals surface area contributed by atoms with E-state index in [1.807, 2.05) is 0 Å². The van der Waals surface area contributed by atoms with Crippen LogP contribution in [-0.2, 0) is 7.05 Å². The Morgan fingerprint density at radius 3 is 2.33 bits per heavy atom. The molecule has 3 nitrogen and oxygen atoms in total. The number of halogens is 3. The van der Waals surface area contributed by atoms with E-state index < -0.39 is 22.9 Å². The molecule has 0 saturated heterocycles. The van der Waals surface area contributed by atoms with Crippen molar-refractivity contribution in [1.29, 1.82) is 0 Å². The summed E-state index contributed by atoms with van der Waals surface area (Å²) < 4.78 is 28.4. The standard InChI is InChI=1S/C12H8ClF2NO2/c1-16-10(3-2-7(13)12(16)18)11-8(14)4-6(17)5-9(11)15/h2-5,17H,1H3. The van der Waals surface area contributed by atoms with Gasteiger partial charge in [0.1, 0.15) is 22.4 Å². The minimum atomic E-state index is -0.954. The summed E-state index contributed by atoms with van der Waals surface area (Å²) in [5, 5.41) is 9.02. The minimum Gasteiger partial charge on any atom is -0.508 e. The number of hydrogen-bond acceptors (Lipinski definition) is 2. The molecule has 0 amide bonds. The summed E-state index contributed by atoms with van der Waals surface area (Å²) >= 11 is 5.62. The molecule has 6 heteroatoms. The number of nitrogens with zero attached hydrogens (tertiary/aromatic N) is 1. The molecule has 94 valence electrons. The van der Waals surface area contributed by atoms with Crippen LogP contribution in [0.25, 0.3) is 11.3 Å². The number of pyridine rings is 1. The highest BCUT2D eigenvalue weighted by Crippen LogP contribution is 2.28. The van der Waals surface area contributed by atoms with Gasteiger partial charge in [0.05, 0.1) is 11.3 Å². The first-order valence-corrected chi connectivity index (χ1v) is 5.33. The van der Waals surface area contributed by atoms with Gasteiger partial charge in [-0.3, -0.25) is 4.79 Å². The molecule has 0 atom stereocenters. The second kappa shape index (κ2) is 4.42. The summed E-state index contributed by atoms with van der Waals surface area (Å²) in [4.78, 5) is 11.6. The van der Waals surface area contributed by atoms with E-state index in [1.165, 1.54) is 19.2 Å². The fourth-order valence-electron chi connectivity index (χ4n) is 1.66. The van der Waals surface area contributed by atoms with Crippen molar-refractivity contribution in [2.75, 3.05) is 0 Å². The molecule has 1 heterocycles. The third-order valence-corrected chi connectivity index (χ3v) is 2.83. The van der Waals surface area contributed by atoms with Crippen molar-refractivity contribution in [1.82, 2.24) is 4.57 Å². The molecular formula is C12H8ClF2NO2. The normalized spacial score (nSPS) is 10.7. The van der Waals surface area contributed by atoms with E-state index in [0.717, 1.165) is 16.7 Å². The van der Waals surface area contributed by atoms with Crippen molar-refractivity contribution in [2.24, 2.45) is 7.05 Å². The summed E-state index contributed by atoms with van der Waals surface area (Å²) in [6.07, 6.45) is 0. The zero-order chi connectivity index (χ0) is 13.4. The van der Waals surface area contributed by atoms with Crippen LogP contribution >= 0.6 is 11.6 Å². The predicted octanol–water partition coefficient (Wildman–Crippen LogP) is 2.69. The van der Waals surface area contributed by atoms with E-state index in [-0.39, 0.29) is 16.3 Å². The molecular weight excluding hydrogens is 264 g/mol. The van der Waals surface area contributed by atoms with Crippen molar-refractivity contribution < 1.29 is 13.9 Å². The van der Waals surface area contributed by atoms with E-state index >= 15 is 0 Å². The van der Waals surface area contributed by atoms with Gasteiger partial charge in [-0.25, -0.2) is 8.78 Å². The molecule has 0 spiro atoms. The van der Waals surface area contributed by atoms with Crippen molar-refractivity contribution in [3.05, 3.63) is 51.3 Å². The fraction of sp³-hybridized carbons (Fsp3) is 0.0833. The van der Waals surface area contributed by atoms with Gasteiger partial charge in [0, 0.05) is 19.2 Å². The van der Waals surface area contributed by atoms with Crippen molar-refractivity contribution in [2.45, 2.75) is 0 Å². The maximum atomic E-state index is 13.7. The van der Waals surface area contributed by atoms with Crippen LogP contribution in [0.15, 0.2) is 29.1 Å². The van der Waals surface area contributed by atoms with Gasteiger partial charge in [-0.2, -0.15) is 0 Å². The molecule has 0 fully saturated rings. The summed E-state index contributed by atoms with van der Waals surface area (Å²) in [6.45, 7) is 0. The third kappa shape index (κ3) is 1.97. The van der Waals surface area contributed by atoms with Gasteiger partial charge in [-0.1, -0.05) is 11.6 Å². The second-order valence-electron chi connectivity index (χ2n) is 3.72. The molecule has 18 heavy (non-hydrogen) atoms. The monoisotopic (exact) mass is 271 g/mol. The van der Waals surface area contributed by atoms with Crippen LogP contribution in [0.5, 0.6) is 5.75 Å². The number of phenolic OH excluding ortho intramolecular Hbond substituents is 1. The Bertz CT molecular complexity index is 659. The second-order valence-corrected chi connectivity index (χ2v) is 4.12. The van der Waals surface area contributed by atoms with Crippen LogP contribution in [0.3, 0.4) is 0 Å². The quantitative estimate of drug-likeness (QED) is 0.866. The lowest BCUT2D eigenvalue weighted by Gasteiger charge is -2.10. The first kappa shape index (κ1) is 12.6. The van der Waals surface area contributed by atoms with Gasteiger partial charge < -0.3 is 9.67 Å². The minimum absolute atomic E-state index is 0.0409. The molecule has 0 radical (unpaired) electrons. The lowest BCUT2D eigenvalue weighted by atomic mass is 10.1. The van der Waals surface area contributed by atoms with Crippen molar-refractivity contribution in [3.63, 3.8) is 0 Å². The van der Waals surface area contributed by atoms with Crippen molar-refractivity contribution in [3.8, 4) is 17.0 Å². The highest BCUT2D eigenvalue weighted by molar-refractivity contribution is 6.30. The lowest BCUT2D eigenvalue weighted by molar-refractivity contribution is 0.461. The highest BCUT2D eigenvalue weighted by atomic mass is 35.5. The molecule has 1 N–H and O–H groups in total. The largest absolute Gasteiger partial charge is 0.508 e. The molecule has 0 aliphatic rings. The highest BCUT2D eigenvalue weighted by Gasteiger charge is 2.16. The number of rotatable bonds is 1. The molecule has 1 aromatic heterocycles. The number of aromatic hydroxyl groups is 1. The molecule has 1 aromatic carbocycles. The predicted molar refractivity (Wildman–Crippen MR) is 63.7 cm³/mol. The molecule has 0 bridgehead atoms. The molecule has 0 unspecified atom stereocenters. The van der Waals surface area contributed by atoms with E-state index in [1.54, 1.807) is 0 Å². The van der Waals surface area contributed by atoms with Gasteiger partial charge >= 0.3 is 0 Å². The Kier molecular flexibility index (Phi) is 3.09. The summed E-state index contributed by atoms with van der Waals surface area (Å²) in [6, 6.07) is 4.15. The Hall–Kier alpha value is -1.88. The molecule has 2 rings (SSSR count). The number of aromatic nitrogens is 1. The topological polar surface area (TPSA) is 42.2 Å². The molecule has 0 aliphatic heterocycles. The Morgan fingerprint density at radius 2 is 1.78 bits per heavy atom. The summed E-state index contributed by atoms with van der Waals surface area (Å²) in [5.41, 5.74) is -0.899. The van der Waals surface area contributed by atoms with Crippen LogP contribution in [-0.4, -0.2) is 9.67 Å². The van der Waals surface area contributed by atoms with E-state index in [9.17, 15) is 13.6 Å². The summed E-state index contributed by atoms with van der Waals surface area (Å²) in [5.74, 6) is -2.43. The van der Waals surface area contributed by atoms with E-state index in [4.69, 9.17) is 16.7 Å². The number of benzene rings is 1. The van der Waals surface area contributed by atoms with Gasteiger partial charge in [0.25, 0.3) is 5.56 Å². The fourth-order valence-corrected chi connectivity index (χ4v) is 1.85. The lowest BCUT2D eigenvalue weighted by Crippen LogP contribution is -2.19. The van der Waals surface area contributed by atoms with Gasteiger partial charge in [0.15, 0.2) is 0 Å². The summed E-state index contributed by atoms with van der Waals surface area (Å²) in [7, 11) is 1.36. The zero-order valence-corrected chi connectivity index (χ0v) is 10.0. The van der Waals surface area contributed by atoms with Crippen molar-refractivity contribution >= 4 is 11.6 Å². The Balaban J connectivity index is 2.78. The van der Waals surface area contributed by atoms with E-state index in [2.05, 4.69) is 0 Å². The molecule has 0 aliphatic carbocycles. The Morgan fingerprint density at radius 1 is 1.22 bits per heavy atom. The smallest absolute Gasteiger partial charge is 0.269 e. The first-order chi connectivity index (χ1) is 8.41. The zero-order valence-electron chi connectivity index (χ0n) is 9.25. The number of phenols is 1. The van der Waals surface area contributed by atoms with Gasteiger partial charge in [0.2, 0.25) is 0 Å². The number of hydrogen-bond donors (Lipinski definition) is 1. The Labute approximate surface area is 106 Å². The maximum absolute atomic E-state index is 13.7. The van der Waals surface area contributed by atoms with Crippen LogP contribution in [0, 0.1) is 11.6 Å². The van der Waals surface area contributed by atoms with Crippen LogP contribution in [0.4, 0.5) is 8.78 Å². The molecule has 2 aromatic rings. The third-order valence-electron chi connectivity index (χ3n) is 2.54.